The zero-order valence-electron chi connectivity index (χ0n) is 16.8. The summed E-state index contributed by atoms with van der Waals surface area (Å²) in [6.45, 7) is 7.17. The zero-order chi connectivity index (χ0) is 21.3. The van der Waals surface area contributed by atoms with Crippen molar-refractivity contribution in [1.82, 2.24) is 0 Å². The van der Waals surface area contributed by atoms with Gasteiger partial charge in [-0.25, -0.2) is 8.42 Å². The van der Waals surface area contributed by atoms with Crippen LogP contribution in [0.4, 0.5) is 11.4 Å². The normalized spacial score (nSPS) is 17.2. The zero-order valence-corrected chi connectivity index (χ0v) is 18.4. The molecule has 0 unspecified atom stereocenters. The minimum absolute atomic E-state index is 0.0959. The third-order valence-electron chi connectivity index (χ3n) is 4.87. The van der Waals surface area contributed by atoms with Gasteiger partial charge in [-0.15, -0.1) is 11.8 Å². The first-order valence-electron chi connectivity index (χ1n) is 9.30. The molecule has 0 radical (unpaired) electrons. The third kappa shape index (κ3) is 4.64. The Morgan fingerprint density at radius 3 is 2.62 bits per heavy atom. The lowest BCUT2D eigenvalue weighted by Crippen LogP contribution is -2.27. The molecule has 29 heavy (non-hydrogen) atoms. The van der Waals surface area contributed by atoms with Gasteiger partial charge in [-0.2, -0.15) is 0 Å². The lowest BCUT2D eigenvalue weighted by Gasteiger charge is -2.22. The van der Waals surface area contributed by atoms with E-state index < -0.39 is 15.1 Å². The Kier molecular flexibility index (Phi) is 6.05. The van der Waals surface area contributed by atoms with E-state index in [1.54, 1.807) is 13.0 Å². The van der Waals surface area contributed by atoms with Crippen molar-refractivity contribution in [2.75, 3.05) is 10.6 Å². The van der Waals surface area contributed by atoms with Gasteiger partial charge in [-0.05, 0) is 57.5 Å². The molecule has 1 aliphatic rings. The molecule has 2 amide bonds. The second-order valence-corrected chi connectivity index (χ2v) is 11.1. The van der Waals surface area contributed by atoms with E-state index in [2.05, 4.69) is 10.6 Å². The highest BCUT2D eigenvalue weighted by Gasteiger charge is 2.29. The van der Waals surface area contributed by atoms with Crippen LogP contribution in [-0.4, -0.2) is 30.7 Å². The number of carbonyl (C=O) groups is 2. The first-order valence-corrected chi connectivity index (χ1v) is 11.7. The molecule has 0 aliphatic carbocycles. The number of aryl methyl sites for hydroxylation is 2. The number of fused-ring (bicyclic) bond motifs is 1. The molecule has 8 heteroatoms. The molecular weight excluding hydrogens is 408 g/mol. The number of hydrogen-bond acceptors (Lipinski definition) is 5. The van der Waals surface area contributed by atoms with E-state index in [1.165, 1.54) is 30.8 Å². The molecule has 6 nitrogen and oxygen atoms in total. The number of rotatable bonds is 5. The second-order valence-electron chi connectivity index (χ2n) is 7.33. The van der Waals surface area contributed by atoms with E-state index in [0.717, 1.165) is 16.0 Å². The molecular formula is C21H24N2O4S2. The van der Waals surface area contributed by atoms with Crippen molar-refractivity contribution >= 4 is 44.8 Å². The maximum atomic E-state index is 13.0. The predicted molar refractivity (Wildman–Crippen MR) is 116 cm³/mol. The molecule has 1 heterocycles. The molecule has 1 aliphatic heterocycles. The number of carbonyl (C=O) groups excluding carboxylic acids is 2. The lowest BCUT2D eigenvalue weighted by atomic mass is 10.1. The minimum atomic E-state index is -3.73. The summed E-state index contributed by atoms with van der Waals surface area (Å²) < 4.78 is 25.9. The molecule has 0 aromatic heterocycles. The van der Waals surface area contributed by atoms with Crippen LogP contribution in [0.5, 0.6) is 0 Å². The average molecular weight is 433 g/mol. The number of benzene rings is 2. The average Bonchev–Trinajstić information content (AvgIpc) is 2.64. The van der Waals surface area contributed by atoms with E-state index in [1.807, 2.05) is 32.0 Å². The maximum Gasteiger partial charge on any atom is 0.237 e. The highest BCUT2D eigenvalue weighted by Crippen LogP contribution is 2.37. The van der Waals surface area contributed by atoms with E-state index >= 15 is 0 Å². The molecule has 2 N–H and O–H groups in total. The fourth-order valence-corrected chi connectivity index (χ4v) is 5.43. The molecule has 3 rings (SSSR count). The molecule has 0 fully saturated rings. The summed E-state index contributed by atoms with van der Waals surface area (Å²) in [5, 5.41) is 4.40. The van der Waals surface area contributed by atoms with Gasteiger partial charge in [0.05, 0.1) is 21.1 Å². The highest BCUT2D eigenvalue weighted by molar-refractivity contribution is 8.01. The van der Waals surface area contributed by atoms with Gasteiger partial charge in [-0.3, -0.25) is 9.59 Å². The molecule has 154 valence electrons. The Hall–Kier alpha value is -2.32. The Morgan fingerprint density at radius 1 is 1.21 bits per heavy atom. The smallest absolute Gasteiger partial charge is 0.237 e. The van der Waals surface area contributed by atoms with Crippen LogP contribution in [0.15, 0.2) is 46.2 Å². The van der Waals surface area contributed by atoms with Gasteiger partial charge >= 0.3 is 0 Å². The number of thioether (sulfide) groups is 1. The molecule has 0 saturated heterocycles. The Balaban J connectivity index is 1.74. The molecule has 2 aromatic carbocycles. The van der Waals surface area contributed by atoms with Gasteiger partial charge in [0.2, 0.25) is 11.8 Å². The van der Waals surface area contributed by atoms with Crippen molar-refractivity contribution in [3.8, 4) is 0 Å². The number of nitrogens with one attached hydrogen (secondary N) is 2. The van der Waals surface area contributed by atoms with Crippen molar-refractivity contribution in [3.63, 3.8) is 0 Å². The molecule has 2 atom stereocenters. The van der Waals surface area contributed by atoms with Crippen LogP contribution >= 0.6 is 11.8 Å². The number of sulfone groups is 1. The third-order valence-corrected chi connectivity index (χ3v) is 8.18. The molecule has 0 saturated carbocycles. The van der Waals surface area contributed by atoms with Crippen molar-refractivity contribution in [2.24, 2.45) is 0 Å². The molecule has 2 aromatic rings. The summed E-state index contributed by atoms with van der Waals surface area (Å²) in [7, 11) is -3.73. The number of amides is 2. The maximum absolute atomic E-state index is 13.0. The van der Waals surface area contributed by atoms with E-state index in [0.29, 0.717) is 11.4 Å². The SMILES string of the molecule is Cc1ccc(NC(=O)C[C@H](C)S(=O)(=O)c2ccc3c(c2)NC(=O)[C@H](C)S3)c(C)c1. The number of anilines is 2. The summed E-state index contributed by atoms with van der Waals surface area (Å²) in [5.74, 6) is -0.512. The minimum Gasteiger partial charge on any atom is -0.326 e. The highest BCUT2D eigenvalue weighted by atomic mass is 32.2. The Labute approximate surface area is 175 Å². The lowest BCUT2D eigenvalue weighted by molar-refractivity contribution is -0.116. The number of hydrogen-bond donors (Lipinski definition) is 2. The second kappa shape index (κ2) is 8.20. The van der Waals surface area contributed by atoms with Crippen molar-refractivity contribution in [1.29, 1.82) is 0 Å². The molecule has 0 bridgehead atoms. The fraction of sp³-hybridized carbons (Fsp3) is 0.333. The largest absolute Gasteiger partial charge is 0.326 e. The fourth-order valence-electron chi connectivity index (χ4n) is 3.12. The Bertz CT molecular complexity index is 1080. The van der Waals surface area contributed by atoms with Crippen LogP contribution in [0.25, 0.3) is 0 Å². The van der Waals surface area contributed by atoms with Crippen LogP contribution in [0.3, 0.4) is 0 Å². The van der Waals surface area contributed by atoms with Crippen molar-refractivity contribution < 1.29 is 18.0 Å². The van der Waals surface area contributed by atoms with Crippen LogP contribution in [-0.2, 0) is 19.4 Å². The summed E-state index contributed by atoms with van der Waals surface area (Å²) in [6, 6.07) is 10.4. The van der Waals surface area contributed by atoms with Crippen molar-refractivity contribution in [2.45, 2.75) is 54.4 Å². The monoisotopic (exact) mass is 432 g/mol. The van der Waals surface area contributed by atoms with Crippen LogP contribution in [0, 0.1) is 13.8 Å². The summed E-state index contributed by atoms with van der Waals surface area (Å²) in [4.78, 5) is 25.2. The quantitative estimate of drug-likeness (QED) is 0.747. The van der Waals surface area contributed by atoms with Gasteiger partial charge in [0.25, 0.3) is 0 Å². The van der Waals surface area contributed by atoms with Gasteiger partial charge in [0.1, 0.15) is 0 Å². The van der Waals surface area contributed by atoms with Gasteiger partial charge in [0, 0.05) is 17.0 Å². The predicted octanol–water partition coefficient (Wildman–Crippen LogP) is 3.93. The topological polar surface area (TPSA) is 92.3 Å². The van der Waals surface area contributed by atoms with Crippen LogP contribution in [0.1, 0.15) is 31.4 Å². The summed E-state index contributed by atoms with van der Waals surface area (Å²) in [6.07, 6.45) is -0.162. The van der Waals surface area contributed by atoms with E-state index in [-0.39, 0.29) is 28.4 Å². The van der Waals surface area contributed by atoms with Crippen LogP contribution < -0.4 is 10.6 Å². The van der Waals surface area contributed by atoms with Crippen LogP contribution in [0.2, 0.25) is 0 Å². The first kappa shape index (κ1) is 21.4. The first-order chi connectivity index (χ1) is 13.6. The van der Waals surface area contributed by atoms with Gasteiger partial charge in [0.15, 0.2) is 9.84 Å². The van der Waals surface area contributed by atoms with E-state index in [4.69, 9.17) is 0 Å². The molecule has 0 spiro atoms. The van der Waals surface area contributed by atoms with Crippen molar-refractivity contribution in [3.05, 3.63) is 47.5 Å². The summed E-state index contributed by atoms with van der Waals surface area (Å²) >= 11 is 1.39. The van der Waals surface area contributed by atoms with Gasteiger partial charge in [-0.1, -0.05) is 17.7 Å². The van der Waals surface area contributed by atoms with E-state index in [9.17, 15) is 18.0 Å². The van der Waals surface area contributed by atoms with Gasteiger partial charge < -0.3 is 10.6 Å². The Morgan fingerprint density at radius 2 is 1.93 bits per heavy atom. The standard InChI is InChI=1S/C21H24N2O4S2/c1-12-5-7-17(13(2)9-12)22-20(24)10-14(3)29(26,27)16-6-8-19-18(11-16)23-21(25)15(4)28-19/h5-9,11,14-15H,10H2,1-4H3,(H,22,24)(H,23,25)/t14-,15-/m0/s1. The summed E-state index contributed by atoms with van der Waals surface area (Å²) in [5.41, 5.74) is 3.17.